The van der Waals surface area contributed by atoms with Crippen molar-refractivity contribution in [1.82, 2.24) is 0 Å². The SMILES string of the molecule is Cc1c(C)c2c(c3c1CC[n+]1ccc(/C=C/c4cc5c6c(c4)CCCN6CCC5)cc1-3)-c1cc3ccccc3c[n+]1CC2.O=S(=O)(O)C(F)(F)F. The zero-order valence-electron chi connectivity index (χ0n) is 28.7. The minimum atomic E-state index is -5.84. The number of halogens is 3. The normalized spacial score (nSPS) is 16.1. The van der Waals surface area contributed by atoms with E-state index in [1.165, 1.54) is 105 Å². The van der Waals surface area contributed by atoms with Crippen LogP contribution in [0.2, 0.25) is 0 Å². The molecule has 0 saturated carbocycles. The zero-order valence-corrected chi connectivity index (χ0v) is 29.5. The molecule has 4 aliphatic heterocycles. The molecule has 6 heterocycles. The number of fused-ring (bicyclic) bond motifs is 8. The molecule has 0 unspecified atom stereocenters. The third-order valence-corrected chi connectivity index (χ3v) is 11.7. The van der Waals surface area contributed by atoms with Gasteiger partial charge in [0.15, 0.2) is 25.5 Å². The molecule has 262 valence electrons. The fraction of sp³-hybridized carbons (Fsp3) is 0.317. The zero-order chi connectivity index (χ0) is 35.7. The van der Waals surface area contributed by atoms with Gasteiger partial charge in [0, 0.05) is 55.2 Å². The number of aromatic nitrogens is 2. The largest absolute Gasteiger partial charge is 0.522 e. The second kappa shape index (κ2) is 12.6. The topological polar surface area (TPSA) is 65.4 Å². The van der Waals surface area contributed by atoms with Crippen molar-refractivity contribution >= 4 is 38.7 Å². The van der Waals surface area contributed by atoms with E-state index in [1.54, 1.807) is 16.8 Å². The fourth-order valence-corrected chi connectivity index (χ4v) is 8.59. The standard InChI is InChI=1S/C40H39N3.CHF3O3S/c1-26-27(2)35-15-20-43-25-33-8-4-3-7-30(33)24-37(43)39(35)38-34(26)14-19-41-18-13-28(23-36(38)41)11-12-29-21-31-9-5-16-42-17-6-10-32(22-29)40(31)42;2-1(3,4)8(5,6)7/h3-4,7-8,11-13,18,21-25H,5-6,9-10,14-17,19-20H2,1-2H3;(H,5,6,7)/q+2;. The fourth-order valence-electron chi connectivity index (χ4n) is 8.59. The number of rotatable bonds is 2. The minimum Gasteiger partial charge on any atom is -0.371 e. The van der Waals surface area contributed by atoms with E-state index in [-0.39, 0.29) is 0 Å². The summed E-state index contributed by atoms with van der Waals surface area (Å²) in [5.41, 5.74) is 13.5. The Bertz CT molecular complexity index is 2350. The molecule has 0 aliphatic carbocycles. The summed E-state index contributed by atoms with van der Waals surface area (Å²) in [6.07, 6.45) is 16.6. The molecule has 3 aromatic carbocycles. The second-order valence-electron chi connectivity index (χ2n) is 14.1. The van der Waals surface area contributed by atoms with E-state index in [1.807, 2.05) is 0 Å². The lowest BCUT2D eigenvalue weighted by Crippen LogP contribution is -2.43. The molecule has 6 nitrogen and oxygen atoms in total. The number of benzene rings is 3. The van der Waals surface area contributed by atoms with Crippen LogP contribution in [0.15, 0.2) is 67.0 Å². The first kappa shape index (κ1) is 33.6. The van der Waals surface area contributed by atoms with Gasteiger partial charge >= 0.3 is 15.6 Å². The first-order valence-corrected chi connectivity index (χ1v) is 19.1. The van der Waals surface area contributed by atoms with Crippen LogP contribution in [-0.4, -0.2) is 31.6 Å². The molecule has 0 radical (unpaired) electrons. The molecule has 0 fully saturated rings. The molecule has 1 N–H and O–H groups in total. The van der Waals surface area contributed by atoms with Gasteiger partial charge in [-0.25, -0.2) is 0 Å². The Morgan fingerprint density at radius 2 is 1.29 bits per heavy atom. The number of alkyl halides is 3. The average molecular weight is 712 g/mol. The molecule has 2 aromatic heterocycles. The molecule has 0 bridgehead atoms. The van der Waals surface area contributed by atoms with Gasteiger partial charge in [0.25, 0.3) is 0 Å². The smallest absolute Gasteiger partial charge is 0.371 e. The highest BCUT2D eigenvalue weighted by atomic mass is 32.2. The van der Waals surface area contributed by atoms with Gasteiger partial charge in [0.2, 0.25) is 11.4 Å². The van der Waals surface area contributed by atoms with Gasteiger partial charge in [-0.15, -0.1) is 0 Å². The molecule has 0 amide bonds. The maximum Gasteiger partial charge on any atom is 0.522 e. The first-order valence-electron chi connectivity index (χ1n) is 17.6. The van der Waals surface area contributed by atoms with Gasteiger partial charge in [0.05, 0.1) is 11.1 Å². The third-order valence-electron chi connectivity index (χ3n) is 11.1. The molecule has 5 aromatic rings. The number of anilines is 1. The van der Waals surface area contributed by atoms with Crippen LogP contribution in [-0.2, 0) is 48.9 Å². The van der Waals surface area contributed by atoms with Gasteiger partial charge in [0.1, 0.15) is 0 Å². The number of aryl methyl sites for hydroxylation is 4. The Kier molecular flexibility index (Phi) is 8.30. The van der Waals surface area contributed by atoms with Gasteiger partial charge in [-0.05, 0) is 108 Å². The van der Waals surface area contributed by atoms with Gasteiger partial charge < -0.3 is 4.90 Å². The number of hydrogen-bond donors (Lipinski definition) is 1. The lowest BCUT2D eigenvalue weighted by atomic mass is 9.79. The van der Waals surface area contributed by atoms with Crippen molar-refractivity contribution in [3.63, 3.8) is 0 Å². The maximum absolute atomic E-state index is 10.7. The van der Waals surface area contributed by atoms with E-state index in [0.717, 1.165) is 25.9 Å². The van der Waals surface area contributed by atoms with Crippen molar-refractivity contribution in [2.24, 2.45) is 0 Å². The molecule has 9 rings (SSSR count). The minimum absolute atomic E-state index is 1.04. The number of nitrogens with zero attached hydrogens (tertiary/aromatic N) is 3. The van der Waals surface area contributed by atoms with Crippen LogP contribution < -0.4 is 14.0 Å². The van der Waals surface area contributed by atoms with E-state index in [0.29, 0.717) is 0 Å². The van der Waals surface area contributed by atoms with Crippen LogP contribution in [0.25, 0.3) is 45.4 Å². The summed E-state index contributed by atoms with van der Waals surface area (Å²) in [6, 6.07) is 20.9. The Morgan fingerprint density at radius 1 is 0.745 bits per heavy atom. The predicted octanol–water partition coefficient (Wildman–Crippen LogP) is 7.74. The van der Waals surface area contributed by atoms with Crippen LogP contribution in [0, 0.1) is 13.8 Å². The molecular formula is C41H40F3N3O3S+2. The van der Waals surface area contributed by atoms with Crippen molar-refractivity contribution in [1.29, 1.82) is 0 Å². The van der Waals surface area contributed by atoms with Gasteiger partial charge in [-0.1, -0.05) is 30.4 Å². The Morgan fingerprint density at radius 3 is 1.90 bits per heavy atom. The monoisotopic (exact) mass is 711 g/mol. The molecule has 0 atom stereocenters. The summed E-state index contributed by atoms with van der Waals surface area (Å²) < 4.78 is 62.5. The van der Waals surface area contributed by atoms with Crippen molar-refractivity contribution < 1.29 is 35.3 Å². The van der Waals surface area contributed by atoms with Crippen molar-refractivity contribution in [3.8, 4) is 22.5 Å². The summed E-state index contributed by atoms with van der Waals surface area (Å²) in [5.74, 6) is 0. The lowest BCUT2D eigenvalue weighted by molar-refractivity contribution is -0.689. The second-order valence-corrected chi connectivity index (χ2v) is 15.5. The van der Waals surface area contributed by atoms with E-state index in [4.69, 9.17) is 13.0 Å². The lowest BCUT2D eigenvalue weighted by Gasteiger charge is -2.37. The summed E-state index contributed by atoms with van der Waals surface area (Å²) in [7, 11) is -5.84. The molecule has 4 aliphatic rings. The molecular weight excluding hydrogens is 672 g/mol. The third kappa shape index (κ3) is 6.02. The Hall–Kier alpha value is -4.54. The van der Waals surface area contributed by atoms with Crippen LogP contribution in [0.1, 0.15) is 57.3 Å². The highest BCUT2D eigenvalue weighted by Gasteiger charge is 2.44. The molecule has 10 heteroatoms. The van der Waals surface area contributed by atoms with Crippen LogP contribution in [0.5, 0.6) is 0 Å². The summed E-state index contributed by atoms with van der Waals surface area (Å²) >= 11 is 0. The van der Waals surface area contributed by atoms with Crippen LogP contribution >= 0.6 is 0 Å². The van der Waals surface area contributed by atoms with E-state index < -0.39 is 15.6 Å². The van der Waals surface area contributed by atoms with Crippen molar-refractivity contribution in [3.05, 3.63) is 111 Å². The summed E-state index contributed by atoms with van der Waals surface area (Å²) in [6.45, 7) is 9.25. The quantitative estimate of drug-likeness (QED) is 0.116. The molecule has 51 heavy (non-hydrogen) atoms. The number of hydrogen-bond acceptors (Lipinski definition) is 3. The molecule has 0 spiro atoms. The molecule has 0 saturated heterocycles. The van der Waals surface area contributed by atoms with E-state index in [9.17, 15) is 13.2 Å². The average Bonchev–Trinajstić information content (AvgIpc) is 3.11. The first-order chi connectivity index (χ1) is 24.4. The van der Waals surface area contributed by atoms with E-state index in [2.05, 4.69) is 107 Å². The Balaban J connectivity index is 0.000000421. The predicted molar refractivity (Wildman–Crippen MR) is 194 cm³/mol. The van der Waals surface area contributed by atoms with Crippen molar-refractivity contribution in [2.45, 2.75) is 71.0 Å². The summed E-state index contributed by atoms with van der Waals surface area (Å²) in [5, 5.41) is 2.64. The van der Waals surface area contributed by atoms with Crippen LogP contribution in [0.4, 0.5) is 18.9 Å². The Labute approximate surface area is 296 Å². The maximum atomic E-state index is 10.7. The van der Waals surface area contributed by atoms with Crippen molar-refractivity contribution in [2.75, 3.05) is 18.0 Å². The van der Waals surface area contributed by atoms with E-state index >= 15 is 0 Å². The van der Waals surface area contributed by atoms with Crippen LogP contribution in [0.3, 0.4) is 0 Å². The van der Waals surface area contributed by atoms with Gasteiger partial charge in [-0.3, -0.25) is 4.55 Å². The highest BCUT2D eigenvalue weighted by Crippen LogP contribution is 2.44. The van der Waals surface area contributed by atoms with Gasteiger partial charge in [-0.2, -0.15) is 30.7 Å². The highest BCUT2D eigenvalue weighted by molar-refractivity contribution is 7.86. The summed E-state index contributed by atoms with van der Waals surface area (Å²) in [4.78, 5) is 2.63. The number of pyridine rings is 2.